The van der Waals surface area contributed by atoms with Crippen LogP contribution in [0.15, 0.2) is 18.2 Å². The Kier molecular flexibility index (Phi) is 3.70. The summed E-state index contributed by atoms with van der Waals surface area (Å²) in [6.45, 7) is 6.52. The monoisotopic (exact) mass is 285 g/mol. The fraction of sp³-hybridized carbons (Fsp3) is 0.444. The topological polar surface area (TPSA) is 26.0 Å². The third-order valence-corrected chi connectivity index (χ3v) is 5.69. The fourth-order valence-electron chi connectivity index (χ4n) is 3.49. The van der Waals surface area contributed by atoms with Crippen LogP contribution in [-0.4, -0.2) is 0 Å². The Morgan fingerprint density at radius 1 is 1.00 bits per heavy atom. The van der Waals surface area contributed by atoms with Crippen LogP contribution in [0.25, 0.3) is 0 Å². The fourth-order valence-corrected chi connectivity index (χ4v) is 4.76. The van der Waals surface area contributed by atoms with Crippen molar-refractivity contribution in [1.82, 2.24) is 0 Å². The predicted molar refractivity (Wildman–Crippen MR) is 87.6 cm³/mol. The molecule has 106 valence electrons. The van der Waals surface area contributed by atoms with Gasteiger partial charge < -0.3 is 5.73 Å². The highest BCUT2D eigenvalue weighted by Crippen LogP contribution is 2.36. The number of aryl methyl sites for hydroxylation is 5. The lowest BCUT2D eigenvalue weighted by Gasteiger charge is -2.17. The molecular formula is C18H23NS. The molecule has 2 heteroatoms. The molecule has 1 aromatic carbocycles. The van der Waals surface area contributed by atoms with E-state index in [1.165, 1.54) is 52.8 Å². The maximum Gasteiger partial charge on any atom is 0.0651 e. The summed E-state index contributed by atoms with van der Waals surface area (Å²) in [6, 6.07) is 6.89. The molecule has 2 N–H and O–H groups in total. The summed E-state index contributed by atoms with van der Waals surface area (Å²) in [5.41, 5.74) is 13.4. The first-order valence-corrected chi connectivity index (χ1v) is 8.32. The lowest BCUT2D eigenvalue weighted by molar-refractivity contribution is 0.696. The molecule has 0 saturated heterocycles. The minimum Gasteiger partial charge on any atom is -0.320 e. The van der Waals surface area contributed by atoms with Crippen LogP contribution in [-0.2, 0) is 12.8 Å². The van der Waals surface area contributed by atoms with E-state index in [9.17, 15) is 0 Å². The van der Waals surface area contributed by atoms with Gasteiger partial charge in [-0.1, -0.05) is 17.7 Å². The van der Waals surface area contributed by atoms with Gasteiger partial charge in [0.15, 0.2) is 0 Å². The highest BCUT2D eigenvalue weighted by molar-refractivity contribution is 7.12. The highest BCUT2D eigenvalue weighted by atomic mass is 32.1. The summed E-state index contributed by atoms with van der Waals surface area (Å²) < 4.78 is 0. The third-order valence-electron chi connectivity index (χ3n) is 4.37. The Bertz CT molecular complexity index is 592. The maximum atomic E-state index is 6.59. The number of nitrogens with two attached hydrogens (primary N) is 1. The van der Waals surface area contributed by atoms with Crippen molar-refractivity contribution >= 4 is 11.3 Å². The molecule has 1 aliphatic carbocycles. The van der Waals surface area contributed by atoms with Crippen molar-refractivity contribution in [2.24, 2.45) is 5.73 Å². The van der Waals surface area contributed by atoms with Gasteiger partial charge in [-0.3, -0.25) is 0 Å². The largest absolute Gasteiger partial charge is 0.320 e. The van der Waals surface area contributed by atoms with Crippen LogP contribution in [0.5, 0.6) is 0 Å². The third kappa shape index (κ3) is 2.43. The Morgan fingerprint density at radius 3 is 2.30 bits per heavy atom. The van der Waals surface area contributed by atoms with E-state index in [-0.39, 0.29) is 6.04 Å². The molecule has 1 heterocycles. The summed E-state index contributed by atoms with van der Waals surface area (Å²) in [4.78, 5) is 2.91. The second-order valence-electron chi connectivity index (χ2n) is 6.09. The number of benzene rings is 1. The standard InChI is InChI=1S/C18H23NS/c1-11-8-12(2)17(13(3)9-11)18(19)16-10-14-6-4-5-7-15(14)20-16/h8-10,18H,4-7,19H2,1-3H3. The number of hydrogen-bond acceptors (Lipinski definition) is 2. The van der Waals surface area contributed by atoms with Crippen molar-refractivity contribution in [3.8, 4) is 0 Å². The van der Waals surface area contributed by atoms with E-state index in [0.29, 0.717) is 0 Å². The molecule has 0 saturated carbocycles. The van der Waals surface area contributed by atoms with Crippen LogP contribution in [0, 0.1) is 20.8 Å². The van der Waals surface area contributed by atoms with Crippen molar-refractivity contribution in [3.63, 3.8) is 0 Å². The molecule has 0 spiro atoms. The van der Waals surface area contributed by atoms with Gasteiger partial charge >= 0.3 is 0 Å². The second kappa shape index (κ2) is 5.34. The van der Waals surface area contributed by atoms with E-state index in [4.69, 9.17) is 5.73 Å². The number of rotatable bonds is 2. The van der Waals surface area contributed by atoms with Crippen molar-refractivity contribution in [2.45, 2.75) is 52.5 Å². The van der Waals surface area contributed by atoms with E-state index in [2.05, 4.69) is 39.0 Å². The maximum absolute atomic E-state index is 6.59. The van der Waals surface area contributed by atoms with Gasteiger partial charge in [-0.15, -0.1) is 11.3 Å². The van der Waals surface area contributed by atoms with E-state index < -0.39 is 0 Å². The van der Waals surface area contributed by atoms with E-state index in [1.54, 1.807) is 10.4 Å². The number of thiophene rings is 1. The average molecular weight is 285 g/mol. The summed E-state index contributed by atoms with van der Waals surface area (Å²) in [7, 11) is 0. The molecule has 0 aliphatic heterocycles. The summed E-state index contributed by atoms with van der Waals surface area (Å²) in [5, 5.41) is 0. The summed E-state index contributed by atoms with van der Waals surface area (Å²) in [5.74, 6) is 0. The van der Waals surface area contributed by atoms with Gasteiger partial charge in [0, 0.05) is 9.75 Å². The SMILES string of the molecule is Cc1cc(C)c(C(N)c2cc3c(s2)CCCC3)c(C)c1. The first-order valence-electron chi connectivity index (χ1n) is 7.51. The Morgan fingerprint density at radius 2 is 1.65 bits per heavy atom. The summed E-state index contributed by atoms with van der Waals surface area (Å²) >= 11 is 1.93. The molecule has 1 aliphatic rings. The van der Waals surface area contributed by atoms with Gasteiger partial charge in [-0.2, -0.15) is 0 Å². The molecule has 1 atom stereocenters. The minimum absolute atomic E-state index is 0.0335. The molecule has 2 aromatic rings. The molecule has 3 rings (SSSR count). The second-order valence-corrected chi connectivity index (χ2v) is 7.26. The lowest BCUT2D eigenvalue weighted by atomic mass is 9.92. The molecule has 0 amide bonds. The Balaban J connectivity index is 2.00. The van der Waals surface area contributed by atoms with E-state index in [1.807, 2.05) is 11.3 Å². The number of fused-ring (bicyclic) bond motifs is 1. The molecule has 1 nitrogen and oxygen atoms in total. The van der Waals surface area contributed by atoms with Gasteiger partial charge in [0.05, 0.1) is 6.04 Å². The molecule has 0 fully saturated rings. The van der Waals surface area contributed by atoms with Crippen LogP contribution in [0.2, 0.25) is 0 Å². The normalized spacial score (nSPS) is 16.0. The Labute approximate surface area is 125 Å². The van der Waals surface area contributed by atoms with Gasteiger partial charge in [-0.25, -0.2) is 0 Å². The highest BCUT2D eigenvalue weighted by Gasteiger charge is 2.20. The van der Waals surface area contributed by atoms with Crippen LogP contribution in [0.1, 0.15) is 56.5 Å². The summed E-state index contributed by atoms with van der Waals surface area (Å²) in [6.07, 6.45) is 5.16. The zero-order valence-electron chi connectivity index (χ0n) is 12.6. The molecule has 1 aromatic heterocycles. The zero-order chi connectivity index (χ0) is 14.3. The van der Waals surface area contributed by atoms with Crippen molar-refractivity contribution in [3.05, 3.63) is 55.8 Å². The van der Waals surface area contributed by atoms with Crippen molar-refractivity contribution in [2.75, 3.05) is 0 Å². The molecule has 0 bridgehead atoms. The van der Waals surface area contributed by atoms with Crippen LogP contribution in [0.3, 0.4) is 0 Å². The first kappa shape index (κ1) is 13.8. The zero-order valence-corrected chi connectivity index (χ0v) is 13.4. The van der Waals surface area contributed by atoms with E-state index >= 15 is 0 Å². The molecule has 0 radical (unpaired) electrons. The van der Waals surface area contributed by atoms with Gasteiger partial charge in [0.2, 0.25) is 0 Å². The van der Waals surface area contributed by atoms with Crippen LogP contribution in [0.4, 0.5) is 0 Å². The predicted octanol–water partition coefficient (Wildman–Crippen LogP) is 4.60. The average Bonchev–Trinajstić information content (AvgIpc) is 2.81. The van der Waals surface area contributed by atoms with Crippen LogP contribution < -0.4 is 5.73 Å². The van der Waals surface area contributed by atoms with E-state index in [0.717, 1.165) is 0 Å². The smallest absolute Gasteiger partial charge is 0.0651 e. The lowest BCUT2D eigenvalue weighted by Crippen LogP contribution is -2.13. The molecule has 20 heavy (non-hydrogen) atoms. The molecule has 1 unspecified atom stereocenters. The Hall–Kier alpha value is -1.12. The first-order chi connectivity index (χ1) is 9.56. The van der Waals surface area contributed by atoms with Gasteiger partial charge in [-0.05, 0) is 74.8 Å². The number of hydrogen-bond donors (Lipinski definition) is 1. The van der Waals surface area contributed by atoms with Crippen molar-refractivity contribution in [1.29, 1.82) is 0 Å². The van der Waals surface area contributed by atoms with Crippen molar-refractivity contribution < 1.29 is 0 Å². The van der Waals surface area contributed by atoms with Gasteiger partial charge in [0.1, 0.15) is 0 Å². The molecular weight excluding hydrogens is 262 g/mol. The van der Waals surface area contributed by atoms with Gasteiger partial charge in [0.25, 0.3) is 0 Å². The van der Waals surface area contributed by atoms with Crippen LogP contribution >= 0.6 is 11.3 Å². The quantitative estimate of drug-likeness (QED) is 0.857. The minimum atomic E-state index is 0.0335.